The van der Waals surface area contributed by atoms with Crippen LogP contribution in [0, 0.1) is 5.82 Å². The smallest absolute Gasteiger partial charge is 0.220 e. The molecule has 0 saturated carbocycles. The van der Waals surface area contributed by atoms with Gasteiger partial charge in [-0.15, -0.1) is 0 Å². The fourth-order valence-corrected chi connectivity index (χ4v) is 3.74. The lowest BCUT2D eigenvalue weighted by atomic mass is 9.90. The highest BCUT2D eigenvalue weighted by atomic mass is 19.1. The van der Waals surface area contributed by atoms with Gasteiger partial charge in [0.25, 0.3) is 0 Å². The van der Waals surface area contributed by atoms with E-state index in [4.69, 9.17) is 5.73 Å². The maximum absolute atomic E-state index is 13.7. The molecule has 0 aliphatic carbocycles. The minimum atomic E-state index is -0.268. The Morgan fingerprint density at radius 3 is 2.89 bits per heavy atom. The number of rotatable bonds is 4. The summed E-state index contributed by atoms with van der Waals surface area (Å²) in [5.74, 6) is 0.216. The number of hydrogen-bond donors (Lipinski definition) is 1. The van der Waals surface area contributed by atoms with Gasteiger partial charge in [-0.2, -0.15) is 0 Å². The highest BCUT2D eigenvalue weighted by Gasteiger charge is 2.26. The van der Waals surface area contributed by atoms with Crippen LogP contribution in [0.4, 0.5) is 10.3 Å². The van der Waals surface area contributed by atoms with Gasteiger partial charge >= 0.3 is 0 Å². The molecule has 3 aromatic rings. The van der Waals surface area contributed by atoms with Gasteiger partial charge in [0.1, 0.15) is 5.82 Å². The van der Waals surface area contributed by atoms with Gasteiger partial charge in [-0.3, -0.25) is 9.88 Å². The number of nitrogens with zero attached hydrogens (tertiary/aromatic N) is 4. The second kappa shape index (κ2) is 7.80. The number of aromatic nitrogens is 3. The normalized spacial score (nSPS) is 17.7. The number of halogens is 1. The van der Waals surface area contributed by atoms with Crippen molar-refractivity contribution < 1.29 is 4.39 Å². The third-order valence-electron chi connectivity index (χ3n) is 4.98. The SMILES string of the molecule is Nc1ncc(-c2cccc(F)c2)c([C@@H]2CCCN(Cc3ccccn3)C2)n1. The van der Waals surface area contributed by atoms with Gasteiger partial charge in [-0.1, -0.05) is 18.2 Å². The molecular formula is C21H22FN5. The van der Waals surface area contributed by atoms with Gasteiger partial charge in [-0.25, -0.2) is 14.4 Å². The van der Waals surface area contributed by atoms with E-state index in [0.717, 1.165) is 55.0 Å². The van der Waals surface area contributed by atoms with E-state index in [0.29, 0.717) is 0 Å². The fourth-order valence-electron chi connectivity index (χ4n) is 3.74. The van der Waals surface area contributed by atoms with Gasteiger partial charge < -0.3 is 5.73 Å². The predicted molar refractivity (Wildman–Crippen MR) is 103 cm³/mol. The largest absolute Gasteiger partial charge is 0.368 e. The molecule has 27 heavy (non-hydrogen) atoms. The molecule has 0 bridgehead atoms. The average molecular weight is 363 g/mol. The maximum Gasteiger partial charge on any atom is 0.220 e. The van der Waals surface area contributed by atoms with Crippen LogP contribution in [0.5, 0.6) is 0 Å². The van der Waals surface area contributed by atoms with Gasteiger partial charge in [0.05, 0.1) is 11.4 Å². The Balaban J connectivity index is 1.61. The van der Waals surface area contributed by atoms with E-state index in [-0.39, 0.29) is 17.7 Å². The van der Waals surface area contributed by atoms with Crippen molar-refractivity contribution in [3.63, 3.8) is 0 Å². The topological polar surface area (TPSA) is 67.9 Å². The maximum atomic E-state index is 13.7. The minimum absolute atomic E-state index is 0.228. The molecule has 5 nitrogen and oxygen atoms in total. The summed E-state index contributed by atoms with van der Waals surface area (Å²) in [4.78, 5) is 15.5. The molecule has 1 atom stereocenters. The highest BCUT2D eigenvalue weighted by Crippen LogP contribution is 2.33. The van der Waals surface area contributed by atoms with E-state index < -0.39 is 0 Å². The lowest BCUT2D eigenvalue weighted by Crippen LogP contribution is -2.34. The van der Waals surface area contributed by atoms with Gasteiger partial charge in [0, 0.05) is 37.0 Å². The van der Waals surface area contributed by atoms with Crippen LogP contribution in [0.15, 0.2) is 54.9 Å². The van der Waals surface area contributed by atoms with Crippen molar-refractivity contribution in [2.45, 2.75) is 25.3 Å². The summed E-state index contributed by atoms with van der Waals surface area (Å²) in [5, 5.41) is 0. The van der Waals surface area contributed by atoms with Gasteiger partial charge in [0.2, 0.25) is 5.95 Å². The highest BCUT2D eigenvalue weighted by molar-refractivity contribution is 5.66. The standard InChI is InChI=1S/C21H22FN5/c22-17-7-3-5-15(11-17)19-12-25-21(23)26-20(19)16-6-4-10-27(13-16)14-18-8-1-2-9-24-18/h1-3,5,7-9,11-12,16H,4,6,10,13-14H2,(H2,23,25,26)/t16-/m1/s1. The molecule has 2 aromatic heterocycles. The molecule has 6 heteroatoms. The number of hydrogen-bond acceptors (Lipinski definition) is 5. The minimum Gasteiger partial charge on any atom is -0.368 e. The van der Waals surface area contributed by atoms with Crippen LogP contribution in [-0.2, 0) is 6.54 Å². The zero-order valence-corrected chi connectivity index (χ0v) is 15.1. The molecule has 0 amide bonds. The quantitative estimate of drug-likeness (QED) is 0.766. The molecule has 138 valence electrons. The molecule has 0 unspecified atom stereocenters. The number of anilines is 1. The summed E-state index contributed by atoms with van der Waals surface area (Å²) in [6.07, 6.45) is 5.63. The Bertz CT molecular complexity index is 915. The van der Waals surface area contributed by atoms with Crippen LogP contribution in [0.1, 0.15) is 30.1 Å². The third kappa shape index (κ3) is 4.11. The number of nitrogen functional groups attached to an aromatic ring is 1. The van der Waals surface area contributed by atoms with Gasteiger partial charge in [0.15, 0.2) is 0 Å². The Labute approximate surface area is 158 Å². The first kappa shape index (κ1) is 17.5. The second-order valence-corrected chi connectivity index (χ2v) is 6.93. The van der Waals surface area contributed by atoms with Gasteiger partial charge in [-0.05, 0) is 49.2 Å². The van der Waals surface area contributed by atoms with Crippen molar-refractivity contribution >= 4 is 5.95 Å². The zero-order chi connectivity index (χ0) is 18.6. The molecular weight excluding hydrogens is 341 g/mol. The molecule has 1 aliphatic rings. The van der Waals surface area contributed by atoms with E-state index in [1.54, 1.807) is 12.3 Å². The summed E-state index contributed by atoms with van der Waals surface area (Å²) < 4.78 is 13.7. The molecule has 2 N–H and O–H groups in total. The van der Waals surface area contributed by atoms with Crippen LogP contribution >= 0.6 is 0 Å². The number of nitrogens with two attached hydrogens (primary N) is 1. The van der Waals surface area contributed by atoms with Crippen molar-refractivity contribution in [2.75, 3.05) is 18.8 Å². The monoisotopic (exact) mass is 363 g/mol. The van der Waals surface area contributed by atoms with Crippen LogP contribution in [0.3, 0.4) is 0 Å². The van der Waals surface area contributed by atoms with Crippen molar-refractivity contribution in [3.05, 3.63) is 72.1 Å². The van der Waals surface area contributed by atoms with Crippen LogP contribution in [0.25, 0.3) is 11.1 Å². The number of piperidine rings is 1. The molecule has 0 spiro atoms. The summed E-state index contributed by atoms with van der Waals surface area (Å²) in [6.45, 7) is 2.71. The summed E-state index contributed by atoms with van der Waals surface area (Å²) >= 11 is 0. The number of likely N-dealkylation sites (tertiary alicyclic amines) is 1. The van der Waals surface area contributed by atoms with E-state index in [2.05, 4.69) is 19.9 Å². The molecule has 1 fully saturated rings. The van der Waals surface area contributed by atoms with Crippen LogP contribution in [-0.4, -0.2) is 32.9 Å². The van der Waals surface area contributed by atoms with E-state index in [9.17, 15) is 4.39 Å². The van der Waals surface area contributed by atoms with Crippen molar-refractivity contribution in [1.29, 1.82) is 0 Å². The average Bonchev–Trinajstić information content (AvgIpc) is 2.69. The molecule has 1 aliphatic heterocycles. The fraction of sp³-hybridized carbons (Fsp3) is 0.286. The Morgan fingerprint density at radius 2 is 2.07 bits per heavy atom. The zero-order valence-electron chi connectivity index (χ0n) is 15.1. The summed E-state index contributed by atoms with van der Waals surface area (Å²) in [5.41, 5.74) is 9.48. The predicted octanol–water partition coefficient (Wildman–Crippen LogP) is 3.64. The lowest BCUT2D eigenvalue weighted by molar-refractivity contribution is 0.196. The van der Waals surface area contributed by atoms with Crippen molar-refractivity contribution in [1.82, 2.24) is 19.9 Å². The molecule has 4 rings (SSSR count). The number of pyridine rings is 1. The van der Waals surface area contributed by atoms with Crippen LogP contribution in [0.2, 0.25) is 0 Å². The first-order valence-electron chi connectivity index (χ1n) is 9.19. The molecule has 1 aromatic carbocycles. The van der Waals surface area contributed by atoms with Crippen LogP contribution < -0.4 is 5.73 Å². The Kier molecular flexibility index (Phi) is 5.07. The molecule has 3 heterocycles. The Morgan fingerprint density at radius 1 is 1.15 bits per heavy atom. The lowest BCUT2D eigenvalue weighted by Gasteiger charge is -2.33. The van der Waals surface area contributed by atoms with Crippen molar-refractivity contribution in [3.8, 4) is 11.1 Å². The summed E-state index contributed by atoms with van der Waals surface area (Å²) in [7, 11) is 0. The molecule has 0 radical (unpaired) electrons. The van der Waals surface area contributed by atoms with E-state index >= 15 is 0 Å². The van der Waals surface area contributed by atoms with Crippen molar-refractivity contribution in [2.24, 2.45) is 0 Å². The second-order valence-electron chi connectivity index (χ2n) is 6.93. The molecule has 1 saturated heterocycles. The van der Waals surface area contributed by atoms with E-state index in [1.807, 2.05) is 30.5 Å². The Hall–Kier alpha value is -2.86. The third-order valence-corrected chi connectivity index (χ3v) is 4.98. The first-order valence-corrected chi connectivity index (χ1v) is 9.19. The van der Waals surface area contributed by atoms with E-state index in [1.165, 1.54) is 12.1 Å². The number of benzene rings is 1. The summed E-state index contributed by atoms with van der Waals surface area (Å²) in [6, 6.07) is 12.5. The first-order chi connectivity index (χ1) is 13.2.